The van der Waals surface area contributed by atoms with Crippen LogP contribution in [-0.4, -0.2) is 52.8 Å². The molecule has 0 bridgehead atoms. The number of likely N-dealkylation sites (tertiary alicyclic amines) is 1. The van der Waals surface area contributed by atoms with E-state index in [1.165, 1.54) is 0 Å². The molecule has 0 amide bonds. The molecule has 13 heavy (non-hydrogen) atoms. The number of rotatable bonds is 4. The lowest BCUT2D eigenvalue weighted by Crippen LogP contribution is -2.32. The van der Waals surface area contributed by atoms with Crippen LogP contribution in [0.4, 0.5) is 0 Å². The van der Waals surface area contributed by atoms with Gasteiger partial charge in [0.1, 0.15) is 0 Å². The van der Waals surface area contributed by atoms with Crippen LogP contribution in [0.3, 0.4) is 0 Å². The lowest BCUT2D eigenvalue weighted by molar-refractivity contribution is 0.112. The van der Waals surface area contributed by atoms with Gasteiger partial charge in [-0.15, -0.1) is 11.6 Å². The van der Waals surface area contributed by atoms with Crippen molar-refractivity contribution in [2.24, 2.45) is 5.92 Å². The normalized spacial score (nSPS) is 29.1. The molecule has 0 spiro atoms. The standard InChI is InChI=1S/C9H18ClNO2/c1-7(12)8-2-3-11(5-8)6-9(13)4-10/h7-9,12-13H,2-6H2,1H3. The summed E-state index contributed by atoms with van der Waals surface area (Å²) in [4.78, 5) is 2.16. The summed E-state index contributed by atoms with van der Waals surface area (Å²) in [5, 5.41) is 18.7. The van der Waals surface area contributed by atoms with Crippen LogP contribution in [0.1, 0.15) is 13.3 Å². The third-order valence-corrected chi connectivity index (χ3v) is 2.99. The van der Waals surface area contributed by atoms with Gasteiger partial charge in [-0.3, -0.25) is 0 Å². The zero-order chi connectivity index (χ0) is 9.84. The van der Waals surface area contributed by atoms with Crippen LogP contribution in [0.15, 0.2) is 0 Å². The maximum atomic E-state index is 9.35. The first kappa shape index (κ1) is 11.2. The molecule has 1 fully saturated rings. The van der Waals surface area contributed by atoms with Crippen LogP contribution in [0.5, 0.6) is 0 Å². The van der Waals surface area contributed by atoms with Gasteiger partial charge in [0.05, 0.1) is 12.2 Å². The molecule has 78 valence electrons. The zero-order valence-electron chi connectivity index (χ0n) is 7.99. The molecular formula is C9H18ClNO2. The van der Waals surface area contributed by atoms with Gasteiger partial charge in [-0.25, -0.2) is 0 Å². The van der Waals surface area contributed by atoms with Crippen molar-refractivity contribution in [2.75, 3.05) is 25.5 Å². The van der Waals surface area contributed by atoms with Gasteiger partial charge >= 0.3 is 0 Å². The second-order valence-electron chi connectivity index (χ2n) is 3.86. The van der Waals surface area contributed by atoms with Gasteiger partial charge < -0.3 is 15.1 Å². The fourth-order valence-electron chi connectivity index (χ4n) is 1.77. The highest BCUT2D eigenvalue weighted by atomic mass is 35.5. The highest BCUT2D eigenvalue weighted by molar-refractivity contribution is 6.18. The number of aliphatic hydroxyl groups is 2. The molecule has 1 aliphatic heterocycles. The van der Waals surface area contributed by atoms with Crippen molar-refractivity contribution in [1.29, 1.82) is 0 Å². The van der Waals surface area contributed by atoms with Gasteiger partial charge in [0.2, 0.25) is 0 Å². The number of halogens is 1. The van der Waals surface area contributed by atoms with Gasteiger partial charge in [0.15, 0.2) is 0 Å². The molecule has 0 saturated carbocycles. The van der Waals surface area contributed by atoms with Crippen LogP contribution in [0, 0.1) is 5.92 Å². The summed E-state index contributed by atoms with van der Waals surface area (Å²) in [5.74, 6) is 0.651. The minimum atomic E-state index is -0.436. The van der Waals surface area contributed by atoms with Crippen molar-refractivity contribution in [3.63, 3.8) is 0 Å². The largest absolute Gasteiger partial charge is 0.393 e. The van der Waals surface area contributed by atoms with Gasteiger partial charge in [-0.05, 0) is 25.8 Å². The van der Waals surface area contributed by atoms with Gasteiger partial charge in [-0.1, -0.05) is 0 Å². The summed E-state index contributed by atoms with van der Waals surface area (Å²) in [6.45, 7) is 4.30. The number of hydrogen-bond donors (Lipinski definition) is 2. The summed E-state index contributed by atoms with van der Waals surface area (Å²) in [6, 6.07) is 0. The minimum absolute atomic E-state index is 0.238. The highest BCUT2D eigenvalue weighted by Crippen LogP contribution is 2.19. The van der Waals surface area contributed by atoms with Crippen molar-refractivity contribution < 1.29 is 10.2 Å². The predicted molar refractivity (Wildman–Crippen MR) is 53.0 cm³/mol. The fraction of sp³-hybridized carbons (Fsp3) is 1.00. The third kappa shape index (κ3) is 3.43. The van der Waals surface area contributed by atoms with Gasteiger partial charge in [0, 0.05) is 19.0 Å². The minimum Gasteiger partial charge on any atom is -0.393 e. The molecular weight excluding hydrogens is 190 g/mol. The monoisotopic (exact) mass is 207 g/mol. The first-order valence-electron chi connectivity index (χ1n) is 4.78. The number of alkyl halides is 1. The van der Waals surface area contributed by atoms with Crippen molar-refractivity contribution in [2.45, 2.75) is 25.6 Å². The molecule has 3 unspecified atom stereocenters. The molecule has 3 atom stereocenters. The Kier molecular flexibility index (Phi) is 4.46. The van der Waals surface area contributed by atoms with Gasteiger partial charge in [0.25, 0.3) is 0 Å². The van der Waals surface area contributed by atoms with E-state index in [0.717, 1.165) is 19.5 Å². The highest BCUT2D eigenvalue weighted by Gasteiger charge is 2.26. The Hall–Kier alpha value is 0.170. The molecule has 0 aliphatic carbocycles. The topological polar surface area (TPSA) is 43.7 Å². The lowest BCUT2D eigenvalue weighted by Gasteiger charge is -2.19. The Bertz CT molecular complexity index is 155. The predicted octanol–water partition coefficient (Wildman–Crippen LogP) is 0.289. The maximum absolute atomic E-state index is 9.35. The first-order valence-corrected chi connectivity index (χ1v) is 5.31. The average molecular weight is 208 g/mol. The Morgan fingerprint density at radius 1 is 1.54 bits per heavy atom. The molecule has 1 heterocycles. The quantitative estimate of drug-likeness (QED) is 0.652. The second-order valence-corrected chi connectivity index (χ2v) is 4.17. The number of aliphatic hydroxyl groups excluding tert-OH is 2. The third-order valence-electron chi connectivity index (χ3n) is 2.64. The SMILES string of the molecule is CC(O)C1CCN(CC(O)CCl)C1. The molecule has 0 radical (unpaired) electrons. The summed E-state index contributed by atoms with van der Waals surface area (Å²) in [5.41, 5.74) is 0. The van der Waals surface area contributed by atoms with Gasteiger partial charge in [-0.2, -0.15) is 0 Å². The van der Waals surface area contributed by atoms with E-state index in [1.54, 1.807) is 0 Å². The average Bonchev–Trinajstić information content (AvgIpc) is 2.52. The molecule has 4 heteroatoms. The summed E-state index contributed by atoms with van der Waals surface area (Å²) < 4.78 is 0. The van der Waals surface area contributed by atoms with Crippen LogP contribution < -0.4 is 0 Å². The van der Waals surface area contributed by atoms with Crippen molar-refractivity contribution in [1.82, 2.24) is 4.90 Å². The molecule has 3 nitrogen and oxygen atoms in total. The van der Waals surface area contributed by atoms with E-state index < -0.39 is 6.10 Å². The number of β-amino-alcohol motifs (C(OH)–C–C–N with tert-alkyl or cyclic N) is 1. The first-order chi connectivity index (χ1) is 6.13. The van der Waals surface area contributed by atoms with Crippen molar-refractivity contribution in [3.05, 3.63) is 0 Å². The van der Waals surface area contributed by atoms with E-state index in [0.29, 0.717) is 12.5 Å². The molecule has 1 saturated heterocycles. The van der Waals surface area contributed by atoms with Crippen molar-refractivity contribution >= 4 is 11.6 Å². The summed E-state index contributed by atoms with van der Waals surface area (Å²) in [6.07, 6.45) is 0.347. The molecule has 0 aromatic rings. The number of nitrogens with zero attached hydrogens (tertiary/aromatic N) is 1. The fourth-order valence-corrected chi connectivity index (χ4v) is 1.87. The van der Waals surface area contributed by atoms with E-state index in [1.807, 2.05) is 6.92 Å². The Morgan fingerprint density at radius 2 is 2.23 bits per heavy atom. The van der Waals surface area contributed by atoms with E-state index in [2.05, 4.69) is 4.90 Å². The Labute approximate surface area is 84.3 Å². The van der Waals surface area contributed by atoms with Crippen LogP contribution in [0.2, 0.25) is 0 Å². The Balaban J connectivity index is 2.25. The smallest absolute Gasteiger partial charge is 0.0802 e. The van der Waals surface area contributed by atoms with Crippen LogP contribution in [-0.2, 0) is 0 Å². The van der Waals surface area contributed by atoms with E-state index >= 15 is 0 Å². The summed E-state index contributed by atoms with van der Waals surface area (Å²) in [7, 11) is 0. The van der Waals surface area contributed by atoms with Crippen LogP contribution in [0.25, 0.3) is 0 Å². The van der Waals surface area contributed by atoms with Crippen molar-refractivity contribution in [3.8, 4) is 0 Å². The number of hydrogen-bond acceptors (Lipinski definition) is 3. The second kappa shape index (κ2) is 5.15. The molecule has 0 aromatic carbocycles. The van der Waals surface area contributed by atoms with E-state index in [4.69, 9.17) is 11.6 Å². The lowest BCUT2D eigenvalue weighted by atomic mass is 10.0. The summed E-state index contributed by atoms with van der Waals surface area (Å²) >= 11 is 5.50. The maximum Gasteiger partial charge on any atom is 0.0802 e. The molecule has 1 aliphatic rings. The molecule has 0 aromatic heterocycles. The van der Waals surface area contributed by atoms with Crippen LogP contribution >= 0.6 is 11.6 Å². The van der Waals surface area contributed by atoms with E-state index in [-0.39, 0.29) is 12.0 Å². The molecule has 2 N–H and O–H groups in total. The van der Waals surface area contributed by atoms with E-state index in [9.17, 15) is 10.2 Å². The Morgan fingerprint density at radius 3 is 2.69 bits per heavy atom. The molecule has 1 rings (SSSR count). The zero-order valence-corrected chi connectivity index (χ0v) is 8.74.